The summed E-state index contributed by atoms with van der Waals surface area (Å²) in [5.41, 5.74) is 1.08. The minimum Gasteiger partial charge on any atom is -0.374 e. The summed E-state index contributed by atoms with van der Waals surface area (Å²) in [7, 11) is 1.99. The summed E-state index contributed by atoms with van der Waals surface area (Å²) < 4.78 is 5.63. The van der Waals surface area contributed by atoms with Gasteiger partial charge in [0.25, 0.3) is 0 Å². The lowest BCUT2D eigenvalue weighted by atomic mass is 10.3. The molecule has 0 bridgehead atoms. The van der Waals surface area contributed by atoms with Gasteiger partial charge in [0.2, 0.25) is 5.95 Å². The van der Waals surface area contributed by atoms with Gasteiger partial charge in [0, 0.05) is 39.1 Å². The second kappa shape index (κ2) is 5.23. The Labute approximate surface area is 95.8 Å². The summed E-state index contributed by atoms with van der Waals surface area (Å²) >= 11 is 0. The lowest BCUT2D eigenvalue weighted by Gasteiger charge is -2.27. The van der Waals surface area contributed by atoms with Crippen molar-refractivity contribution in [2.24, 2.45) is 0 Å². The van der Waals surface area contributed by atoms with Gasteiger partial charge in [-0.2, -0.15) is 0 Å². The Morgan fingerprint density at radius 3 is 2.88 bits per heavy atom. The van der Waals surface area contributed by atoms with Crippen LogP contribution in [0.15, 0.2) is 12.4 Å². The highest BCUT2D eigenvalue weighted by molar-refractivity contribution is 5.28. The number of hydrogen-bond donors (Lipinski definition) is 1. The van der Waals surface area contributed by atoms with Gasteiger partial charge in [-0.3, -0.25) is 0 Å². The van der Waals surface area contributed by atoms with Crippen LogP contribution in [0.2, 0.25) is 0 Å². The molecule has 1 atom stereocenters. The van der Waals surface area contributed by atoms with Gasteiger partial charge in [-0.15, -0.1) is 0 Å². The smallest absolute Gasteiger partial charge is 0.225 e. The van der Waals surface area contributed by atoms with Crippen LogP contribution in [0, 0.1) is 6.92 Å². The van der Waals surface area contributed by atoms with Gasteiger partial charge in [0.05, 0.1) is 12.7 Å². The van der Waals surface area contributed by atoms with Crippen molar-refractivity contribution in [2.75, 3.05) is 38.2 Å². The van der Waals surface area contributed by atoms with Crippen LogP contribution in [0.3, 0.4) is 0 Å². The van der Waals surface area contributed by atoms with E-state index in [0.717, 1.165) is 37.8 Å². The maximum absolute atomic E-state index is 5.63. The zero-order valence-corrected chi connectivity index (χ0v) is 9.81. The average molecular weight is 222 g/mol. The SMILES string of the molecule is Cc1cnc(N(C)CC2CNCCO2)nc1. The molecule has 2 heterocycles. The van der Waals surface area contributed by atoms with Crippen molar-refractivity contribution in [3.63, 3.8) is 0 Å². The standard InChI is InChI=1S/C11H18N4O/c1-9-5-13-11(14-6-9)15(2)8-10-7-12-3-4-16-10/h5-6,10,12H,3-4,7-8H2,1-2H3. The molecule has 1 fully saturated rings. The third-order valence-electron chi connectivity index (χ3n) is 2.59. The van der Waals surface area contributed by atoms with E-state index in [2.05, 4.69) is 15.3 Å². The van der Waals surface area contributed by atoms with Crippen LogP contribution in [-0.2, 0) is 4.74 Å². The van der Waals surface area contributed by atoms with Crippen molar-refractivity contribution in [1.29, 1.82) is 0 Å². The number of ether oxygens (including phenoxy) is 1. The van der Waals surface area contributed by atoms with E-state index in [9.17, 15) is 0 Å². The lowest BCUT2D eigenvalue weighted by Crippen LogP contribution is -2.44. The van der Waals surface area contributed by atoms with Crippen LogP contribution in [-0.4, -0.2) is 49.4 Å². The summed E-state index contributed by atoms with van der Waals surface area (Å²) in [6.45, 7) is 5.43. The van der Waals surface area contributed by atoms with Crippen molar-refractivity contribution in [1.82, 2.24) is 15.3 Å². The van der Waals surface area contributed by atoms with Crippen molar-refractivity contribution in [2.45, 2.75) is 13.0 Å². The van der Waals surface area contributed by atoms with Crippen LogP contribution in [0.1, 0.15) is 5.56 Å². The molecule has 1 saturated heterocycles. The predicted octanol–water partition coefficient (Wildman–Crippen LogP) is 0.210. The van der Waals surface area contributed by atoms with Gasteiger partial charge < -0.3 is 15.0 Å². The first-order valence-electron chi connectivity index (χ1n) is 5.58. The number of anilines is 1. The minimum absolute atomic E-state index is 0.226. The van der Waals surface area contributed by atoms with Crippen LogP contribution >= 0.6 is 0 Å². The Bertz CT molecular complexity index is 321. The van der Waals surface area contributed by atoms with Gasteiger partial charge in [0.15, 0.2) is 0 Å². The fourth-order valence-corrected chi connectivity index (χ4v) is 1.71. The van der Waals surface area contributed by atoms with Gasteiger partial charge >= 0.3 is 0 Å². The number of hydrogen-bond acceptors (Lipinski definition) is 5. The Hall–Kier alpha value is -1.20. The van der Waals surface area contributed by atoms with E-state index in [-0.39, 0.29) is 6.10 Å². The molecule has 1 aromatic heterocycles. The third kappa shape index (κ3) is 2.90. The normalized spacial score (nSPS) is 20.8. The molecule has 5 nitrogen and oxygen atoms in total. The predicted molar refractivity (Wildman–Crippen MR) is 62.6 cm³/mol. The van der Waals surface area contributed by atoms with Crippen molar-refractivity contribution >= 4 is 5.95 Å². The molecule has 1 N–H and O–H groups in total. The molecule has 0 spiro atoms. The van der Waals surface area contributed by atoms with Crippen molar-refractivity contribution < 1.29 is 4.74 Å². The molecule has 0 saturated carbocycles. The minimum atomic E-state index is 0.226. The van der Waals surface area contributed by atoms with E-state index >= 15 is 0 Å². The Balaban J connectivity index is 1.91. The van der Waals surface area contributed by atoms with E-state index < -0.39 is 0 Å². The fraction of sp³-hybridized carbons (Fsp3) is 0.636. The maximum Gasteiger partial charge on any atom is 0.225 e. The highest BCUT2D eigenvalue weighted by Crippen LogP contribution is 2.07. The second-order valence-corrected chi connectivity index (χ2v) is 4.14. The summed E-state index contributed by atoms with van der Waals surface area (Å²) in [5, 5.41) is 3.31. The first kappa shape index (κ1) is 11.3. The zero-order valence-electron chi connectivity index (χ0n) is 9.81. The number of likely N-dealkylation sites (N-methyl/N-ethyl adjacent to an activating group) is 1. The van der Waals surface area contributed by atoms with E-state index in [4.69, 9.17) is 4.74 Å². The van der Waals surface area contributed by atoms with E-state index in [1.807, 2.05) is 31.3 Å². The quantitative estimate of drug-likeness (QED) is 0.792. The number of aryl methyl sites for hydroxylation is 1. The molecule has 1 aromatic rings. The van der Waals surface area contributed by atoms with Crippen LogP contribution in [0.25, 0.3) is 0 Å². The zero-order chi connectivity index (χ0) is 11.4. The molecule has 2 rings (SSSR count). The highest BCUT2D eigenvalue weighted by Gasteiger charge is 2.16. The van der Waals surface area contributed by atoms with Gasteiger partial charge in [0.1, 0.15) is 0 Å². The molecule has 0 radical (unpaired) electrons. The van der Waals surface area contributed by atoms with E-state index in [1.54, 1.807) is 0 Å². The third-order valence-corrected chi connectivity index (χ3v) is 2.59. The summed E-state index contributed by atoms with van der Waals surface area (Å²) in [6, 6.07) is 0. The molecule has 0 aromatic carbocycles. The molecule has 1 unspecified atom stereocenters. The summed E-state index contributed by atoms with van der Waals surface area (Å²) in [5.74, 6) is 0.750. The molecular formula is C11H18N4O. The fourth-order valence-electron chi connectivity index (χ4n) is 1.71. The summed E-state index contributed by atoms with van der Waals surface area (Å²) in [4.78, 5) is 10.6. The van der Waals surface area contributed by atoms with E-state index in [0.29, 0.717) is 0 Å². The lowest BCUT2D eigenvalue weighted by molar-refractivity contribution is 0.0338. The van der Waals surface area contributed by atoms with Crippen LogP contribution in [0.5, 0.6) is 0 Å². The Morgan fingerprint density at radius 2 is 2.25 bits per heavy atom. The number of nitrogens with zero attached hydrogens (tertiary/aromatic N) is 3. The second-order valence-electron chi connectivity index (χ2n) is 4.14. The maximum atomic E-state index is 5.63. The molecule has 88 valence electrons. The first-order chi connectivity index (χ1) is 7.75. The van der Waals surface area contributed by atoms with E-state index in [1.165, 1.54) is 0 Å². The largest absolute Gasteiger partial charge is 0.374 e. The molecule has 5 heteroatoms. The monoisotopic (exact) mass is 222 g/mol. The molecule has 0 aliphatic carbocycles. The van der Waals surface area contributed by atoms with Crippen molar-refractivity contribution in [3.05, 3.63) is 18.0 Å². The molecule has 1 aliphatic rings. The molecule has 1 aliphatic heterocycles. The first-order valence-corrected chi connectivity index (χ1v) is 5.58. The number of aromatic nitrogens is 2. The Morgan fingerprint density at radius 1 is 1.50 bits per heavy atom. The van der Waals surface area contributed by atoms with Crippen LogP contribution < -0.4 is 10.2 Å². The molecule has 16 heavy (non-hydrogen) atoms. The molecule has 0 amide bonds. The number of rotatable bonds is 3. The van der Waals surface area contributed by atoms with Gasteiger partial charge in [-0.1, -0.05) is 0 Å². The highest BCUT2D eigenvalue weighted by atomic mass is 16.5. The Kier molecular flexibility index (Phi) is 3.69. The van der Waals surface area contributed by atoms with Crippen molar-refractivity contribution in [3.8, 4) is 0 Å². The molecular weight excluding hydrogens is 204 g/mol. The number of morpholine rings is 1. The van der Waals surface area contributed by atoms with Gasteiger partial charge in [-0.25, -0.2) is 9.97 Å². The van der Waals surface area contributed by atoms with Gasteiger partial charge in [-0.05, 0) is 12.5 Å². The summed E-state index contributed by atoms with van der Waals surface area (Å²) in [6.07, 6.45) is 3.89. The van der Waals surface area contributed by atoms with Crippen LogP contribution in [0.4, 0.5) is 5.95 Å². The number of nitrogens with one attached hydrogen (secondary N) is 1. The topological polar surface area (TPSA) is 50.3 Å². The average Bonchev–Trinajstić information content (AvgIpc) is 2.31.